The summed E-state index contributed by atoms with van der Waals surface area (Å²) in [4.78, 5) is 24.5. The molecule has 0 saturated carbocycles. The summed E-state index contributed by atoms with van der Waals surface area (Å²) in [6, 6.07) is 5.63. The number of hydrogen-bond donors (Lipinski definition) is 1. The van der Waals surface area contributed by atoms with Gasteiger partial charge in [-0.1, -0.05) is 6.92 Å². The van der Waals surface area contributed by atoms with Crippen LogP contribution in [-0.4, -0.2) is 31.2 Å². The fraction of sp³-hybridized carbons (Fsp3) is 0.429. The Labute approximate surface area is 116 Å². The quantitative estimate of drug-likeness (QED) is 0.898. The van der Waals surface area contributed by atoms with Crippen LogP contribution in [0.5, 0.6) is 0 Å². The van der Waals surface area contributed by atoms with E-state index >= 15 is 0 Å². The smallest absolute Gasteiger partial charge is 0.414 e. The van der Waals surface area contributed by atoms with Gasteiger partial charge in [-0.05, 0) is 30.7 Å². The summed E-state index contributed by atoms with van der Waals surface area (Å²) in [5, 5.41) is 2.72. The first-order valence-corrected chi connectivity index (χ1v) is 6.60. The highest BCUT2D eigenvalue weighted by molar-refractivity contribution is 5.89. The lowest BCUT2D eigenvalue weighted by atomic mass is 10.2. The minimum atomic E-state index is -0.480. The molecule has 1 heterocycles. The average Bonchev–Trinajstić information content (AvgIpc) is 2.79. The van der Waals surface area contributed by atoms with E-state index in [9.17, 15) is 14.0 Å². The third-order valence-corrected chi connectivity index (χ3v) is 3.02. The molecule has 1 aliphatic heterocycles. The van der Waals surface area contributed by atoms with Gasteiger partial charge in [0.05, 0.1) is 13.1 Å². The van der Waals surface area contributed by atoms with Gasteiger partial charge < -0.3 is 10.1 Å². The minimum absolute atomic E-state index is 0.0521. The van der Waals surface area contributed by atoms with Crippen LogP contribution in [0, 0.1) is 5.82 Å². The number of nitrogens with one attached hydrogen (secondary N) is 1. The first-order chi connectivity index (χ1) is 9.60. The molecule has 108 valence electrons. The number of amides is 2. The molecule has 5 nitrogen and oxygen atoms in total. The summed E-state index contributed by atoms with van der Waals surface area (Å²) in [6.07, 6.45) is 0.375. The van der Waals surface area contributed by atoms with Gasteiger partial charge in [-0.25, -0.2) is 9.18 Å². The molecule has 2 rings (SSSR count). The molecule has 1 unspecified atom stereocenters. The maximum Gasteiger partial charge on any atom is 0.414 e. The van der Waals surface area contributed by atoms with Crippen molar-refractivity contribution in [2.75, 3.05) is 18.0 Å². The number of cyclic esters (lactones) is 1. The normalized spacial score (nSPS) is 18.0. The van der Waals surface area contributed by atoms with Crippen molar-refractivity contribution in [3.8, 4) is 0 Å². The second-order valence-electron chi connectivity index (χ2n) is 4.65. The van der Waals surface area contributed by atoms with Gasteiger partial charge in [0.25, 0.3) is 0 Å². The highest BCUT2D eigenvalue weighted by atomic mass is 19.1. The molecule has 1 saturated heterocycles. The summed E-state index contributed by atoms with van der Waals surface area (Å²) in [5.74, 6) is -0.409. The van der Waals surface area contributed by atoms with Crippen LogP contribution in [0.15, 0.2) is 24.3 Å². The third kappa shape index (κ3) is 3.46. The number of nitrogens with zero attached hydrogens (tertiary/aromatic N) is 1. The molecule has 1 atom stereocenters. The molecule has 0 spiro atoms. The maximum atomic E-state index is 12.8. The zero-order valence-corrected chi connectivity index (χ0v) is 11.3. The Balaban J connectivity index is 1.90. The predicted octanol–water partition coefficient (Wildman–Crippen LogP) is 2.07. The number of carbonyl (C=O) groups is 2. The standard InChI is InChI=1S/C14H17FN2O3/c1-2-3-13(18)16-8-12-9-17(14(19)20-12)11-6-4-10(15)5-7-11/h4-7,12H,2-3,8-9H2,1H3,(H,16,18). The van der Waals surface area contributed by atoms with Gasteiger partial charge >= 0.3 is 6.09 Å². The van der Waals surface area contributed by atoms with E-state index < -0.39 is 6.09 Å². The molecule has 1 fully saturated rings. The first kappa shape index (κ1) is 14.3. The van der Waals surface area contributed by atoms with Crippen LogP contribution >= 0.6 is 0 Å². The average molecular weight is 280 g/mol. The summed E-state index contributed by atoms with van der Waals surface area (Å²) in [7, 11) is 0. The number of carbonyl (C=O) groups excluding carboxylic acids is 2. The van der Waals surface area contributed by atoms with Crippen molar-refractivity contribution in [1.29, 1.82) is 0 Å². The Kier molecular flexibility index (Phi) is 4.55. The van der Waals surface area contributed by atoms with E-state index in [1.807, 2.05) is 6.92 Å². The fourth-order valence-corrected chi connectivity index (χ4v) is 2.00. The SMILES string of the molecule is CCCC(=O)NCC1CN(c2ccc(F)cc2)C(=O)O1. The Hall–Kier alpha value is -2.11. The number of anilines is 1. The largest absolute Gasteiger partial charge is 0.442 e. The van der Waals surface area contributed by atoms with Gasteiger partial charge in [0.15, 0.2) is 0 Å². The van der Waals surface area contributed by atoms with E-state index in [4.69, 9.17) is 4.74 Å². The molecular weight excluding hydrogens is 263 g/mol. The van der Waals surface area contributed by atoms with Crippen LogP contribution in [0.4, 0.5) is 14.9 Å². The molecular formula is C14H17FN2O3. The van der Waals surface area contributed by atoms with Crippen LogP contribution < -0.4 is 10.2 Å². The fourth-order valence-electron chi connectivity index (χ4n) is 2.00. The molecule has 1 aromatic carbocycles. The van der Waals surface area contributed by atoms with Gasteiger partial charge in [-0.3, -0.25) is 9.69 Å². The monoisotopic (exact) mass is 280 g/mol. The summed E-state index contributed by atoms with van der Waals surface area (Å²) in [5.41, 5.74) is 0.582. The molecule has 0 aliphatic carbocycles. The van der Waals surface area contributed by atoms with Gasteiger partial charge in [-0.2, -0.15) is 0 Å². The van der Waals surface area contributed by atoms with Crippen LogP contribution in [0.1, 0.15) is 19.8 Å². The highest BCUT2D eigenvalue weighted by Gasteiger charge is 2.32. The van der Waals surface area contributed by atoms with E-state index in [1.54, 1.807) is 0 Å². The summed E-state index contributed by atoms with van der Waals surface area (Å²) in [6.45, 7) is 2.56. The number of hydrogen-bond acceptors (Lipinski definition) is 3. The summed E-state index contributed by atoms with van der Waals surface area (Å²) < 4.78 is 18.0. The number of ether oxygens (including phenoxy) is 1. The Bertz CT molecular complexity index is 490. The van der Waals surface area contributed by atoms with E-state index in [2.05, 4.69) is 5.32 Å². The second kappa shape index (κ2) is 6.36. The lowest BCUT2D eigenvalue weighted by Gasteiger charge is -2.12. The molecule has 20 heavy (non-hydrogen) atoms. The highest BCUT2D eigenvalue weighted by Crippen LogP contribution is 2.21. The van der Waals surface area contributed by atoms with Gasteiger partial charge in [0, 0.05) is 12.1 Å². The molecule has 6 heteroatoms. The molecule has 1 aliphatic rings. The Morgan fingerprint density at radius 3 is 2.80 bits per heavy atom. The zero-order valence-electron chi connectivity index (χ0n) is 11.3. The van der Waals surface area contributed by atoms with Crippen molar-refractivity contribution in [2.45, 2.75) is 25.9 Å². The lowest BCUT2D eigenvalue weighted by Crippen LogP contribution is -2.34. The maximum absolute atomic E-state index is 12.8. The van der Waals surface area contributed by atoms with Gasteiger partial charge in [-0.15, -0.1) is 0 Å². The van der Waals surface area contributed by atoms with Crippen molar-refractivity contribution in [2.24, 2.45) is 0 Å². The van der Waals surface area contributed by atoms with Crippen molar-refractivity contribution in [1.82, 2.24) is 5.32 Å². The molecule has 2 amide bonds. The van der Waals surface area contributed by atoms with Crippen LogP contribution in [0.25, 0.3) is 0 Å². The number of rotatable bonds is 5. The van der Waals surface area contributed by atoms with Crippen LogP contribution in [0.3, 0.4) is 0 Å². The van der Waals surface area contributed by atoms with Gasteiger partial charge in [0.2, 0.25) is 5.91 Å². The van der Waals surface area contributed by atoms with Crippen molar-refractivity contribution < 1.29 is 18.7 Å². The predicted molar refractivity (Wildman–Crippen MR) is 71.9 cm³/mol. The van der Waals surface area contributed by atoms with Crippen LogP contribution in [0.2, 0.25) is 0 Å². The molecule has 1 N–H and O–H groups in total. The van der Waals surface area contributed by atoms with Crippen LogP contribution in [-0.2, 0) is 9.53 Å². The van der Waals surface area contributed by atoms with E-state index in [1.165, 1.54) is 29.2 Å². The Morgan fingerprint density at radius 2 is 2.15 bits per heavy atom. The minimum Gasteiger partial charge on any atom is -0.442 e. The van der Waals surface area contributed by atoms with Gasteiger partial charge in [0.1, 0.15) is 11.9 Å². The number of halogens is 1. The molecule has 0 aromatic heterocycles. The van der Waals surface area contributed by atoms with E-state index in [-0.39, 0.29) is 17.8 Å². The third-order valence-electron chi connectivity index (χ3n) is 3.02. The zero-order chi connectivity index (χ0) is 14.5. The number of benzene rings is 1. The second-order valence-corrected chi connectivity index (χ2v) is 4.65. The molecule has 0 radical (unpaired) electrons. The summed E-state index contributed by atoms with van der Waals surface area (Å²) >= 11 is 0. The Morgan fingerprint density at radius 1 is 1.45 bits per heavy atom. The molecule has 1 aromatic rings. The van der Waals surface area contributed by atoms with Crippen molar-refractivity contribution in [3.63, 3.8) is 0 Å². The molecule has 0 bridgehead atoms. The van der Waals surface area contributed by atoms with E-state index in [0.717, 1.165) is 6.42 Å². The van der Waals surface area contributed by atoms with Crippen molar-refractivity contribution >= 4 is 17.7 Å². The van der Waals surface area contributed by atoms with E-state index in [0.29, 0.717) is 25.2 Å². The van der Waals surface area contributed by atoms with Crippen molar-refractivity contribution in [3.05, 3.63) is 30.1 Å². The lowest BCUT2D eigenvalue weighted by molar-refractivity contribution is -0.121. The topological polar surface area (TPSA) is 58.6 Å². The first-order valence-electron chi connectivity index (χ1n) is 6.60.